The van der Waals surface area contributed by atoms with Gasteiger partial charge in [-0.1, -0.05) is 0 Å². The van der Waals surface area contributed by atoms with Gasteiger partial charge in [-0.2, -0.15) is 11.8 Å². The molecular formula is C8H12NO3S. The lowest BCUT2D eigenvalue weighted by Gasteiger charge is -2.24. The van der Waals surface area contributed by atoms with Crippen molar-refractivity contribution in [2.75, 3.05) is 24.7 Å². The molecule has 0 aromatic heterocycles. The Balaban J connectivity index is 2.39. The van der Waals surface area contributed by atoms with E-state index in [0.717, 1.165) is 5.75 Å². The monoisotopic (exact) mass is 202 g/mol. The van der Waals surface area contributed by atoms with Gasteiger partial charge >= 0.3 is 0 Å². The van der Waals surface area contributed by atoms with Crippen LogP contribution in [0.2, 0.25) is 0 Å². The summed E-state index contributed by atoms with van der Waals surface area (Å²) in [6.45, 7) is 0.254. The normalized spacial score (nSPS) is 17.6. The van der Waals surface area contributed by atoms with E-state index in [2.05, 4.69) is 0 Å². The highest BCUT2D eigenvalue weighted by atomic mass is 32.2. The molecule has 1 heterocycles. The Kier molecular flexibility index (Phi) is 4.24. The maximum Gasteiger partial charge on any atom is 0.239 e. The number of imide groups is 1. The van der Waals surface area contributed by atoms with Gasteiger partial charge in [0.1, 0.15) is 0 Å². The third kappa shape index (κ3) is 3.00. The van der Waals surface area contributed by atoms with Crippen LogP contribution in [0.1, 0.15) is 12.8 Å². The van der Waals surface area contributed by atoms with Crippen molar-refractivity contribution in [3.63, 3.8) is 0 Å². The summed E-state index contributed by atoms with van der Waals surface area (Å²) >= 11 is 1.54. The summed E-state index contributed by atoms with van der Waals surface area (Å²) in [4.78, 5) is 23.8. The number of nitrogens with zero attached hydrogens (tertiary/aromatic N) is 1. The molecule has 5 heteroatoms. The molecule has 0 aliphatic carbocycles. The molecule has 13 heavy (non-hydrogen) atoms. The third-order valence-electron chi connectivity index (χ3n) is 1.82. The first-order valence-corrected chi connectivity index (χ1v) is 5.40. The van der Waals surface area contributed by atoms with Gasteiger partial charge in [0, 0.05) is 18.7 Å². The Hall–Kier alpha value is -0.550. The van der Waals surface area contributed by atoms with E-state index in [4.69, 9.17) is 0 Å². The molecule has 0 saturated carbocycles. The molecule has 0 aromatic rings. The quantitative estimate of drug-likeness (QED) is 0.661. The highest BCUT2D eigenvalue weighted by Gasteiger charge is 2.23. The van der Waals surface area contributed by atoms with Crippen LogP contribution in [-0.2, 0) is 14.7 Å². The molecule has 0 atom stereocenters. The van der Waals surface area contributed by atoms with Crippen LogP contribution in [-0.4, -0.2) is 41.4 Å². The van der Waals surface area contributed by atoms with Crippen molar-refractivity contribution in [2.24, 2.45) is 0 Å². The molecule has 73 valence electrons. The van der Waals surface area contributed by atoms with Crippen molar-refractivity contribution >= 4 is 23.6 Å². The van der Waals surface area contributed by atoms with Crippen LogP contribution in [0.5, 0.6) is 0 Å². The zero-order valence-corrected chi connectivity index (χ0v) is 8.14. The minimum atomic E-state index is -0.247. The van der Waals surface area contributed by atoms with E-state index in [-0.39, 0.29) is 24.8 Å². The fourth-order valence-corrected chi connectivity index (χ4v) is 1.93. The molecule has 1 radical (unpaired) electrons. The van der Waals surface area contributed by atoms with E-state index in [1.54, 1.807) is 11.8 Å². The Morgan fingerprint density at radius 3 is 2.92 bits per heavy atom. The summed E-state index contributed by atoms with van der Waals surface area (Å²) in [5.41, 5.74) is 0. The Morgan fingerprint density at radius 2 is 2.31 bits per heavy atom. The molecule has 0 unspecified atom stereocenters. The second-order valence-electron chi connectivity index (χ2n) is 2.80. The van der Waals surface area contributed by atoms with E-state index in [9.17, 15) is 14.7 Å². The van der Waals surface area contributed by atoms with E-state index >= 15 is 0 Å². The highest BCUT2D eigenvalue weighted by Crippen LogP contribution is 2.12. The molecule has 1 aliphatic rings. The molecule has 0 aromatic carbocycles. The molecule has 1 aliphatic heterocycles. The van der Waals surface area contributed by atoms with Gasteiger partial charge < -0.3 is 0 Å². The van der Waals surface area contributed by atoms with E-state index in [0.29, 0.717) is 18.7 Å². The number of amides is 2. The van der Waals surface area contributed by atoms with Gasteiger partial charge in [0.2, 0.25) is 11.8 Å². The number of thioether (sulfide) groups is 1. The summed E-state index contributed by atoms with van der Waals surface area (Å²) in [6, 6.07) is 0. The van der Waals surface area contributed by atoms with Gasteiger partial charge in [-0.25, -0.2) is 5.11 Å². The number of carbonyl (C=O) groups excluding carboxylic acids is 2. The Morgan fingerprint density at radius 1 is 1.54 bits per heavy atom. The summed E-state index contributed by atoms with van der Waals surface area (Å²) < 4.78 is 0. The van der Waals surface area contributed by atoms with Crippen LogP contribution < -0.4 is 0 Å². The van der Waals surface area contributed by atoms with Crippen molar-refractivity contribution in [3.05, 3.63) is 0 Å². The minimum Gasteiger partial charge on any atom is -0.281 e. The van der Waals surface area contributed by atoms with Gasteiger partial charge in [0.05, 0.1) is 12.4 Å². The van der Waals surface area contributed by atoms with E-state index < -0.39 is 0 Å². The van der Waals surface area contributed by atoms with Crippen molar-refractivity contribution < 1.29 is 14.7 Å². The maximum atomic E-state index is 11.3. The topological polar surface area (TPSA) is 57.3 Å². The lowest BCUT2D eigenvalue weighted by molar-refractivity contribution is -0.143. The summed E-state index contributed by atoms with van der Waals surface area (Å²) in [6.07, 6.45) is 0.537. The van der Waals surface area contributed by atoms with Gasteiger partial charge in [-0.15, -0.1) is 0 Å². The molecule has 4 nitrogen and oxygen atoms in total. The highest BCUT2D eigenvalue weighted by molar-refractivity contribution is 8.00. The van der Waals surface area contributed by atoms with Crippen molar-refractivity contribution in [2.45, 2.75) is 12.8 Å². The SMILES string of the molecule is [O]CCCC(=O)N1CCSCC1=O. The van der Waals surface area contributed by atoms with E-state index in [1.165, 1.54) is 4.90 Å². The molecule has 0 bridgehead atoms. The van der Waals surface area contributed by atoms with Gasteiger partial charge in [-0.3, -0.25) is 14.5 Å². The smallest absolute Gasteiger partial charge is 0.239 e. The number of carbonyl (C=O) groups is 2. The lowest BCUT2D eigenvalue weighted by Crippen LogP contribution is -2.42. The average Bonchev–Trinajstić information content (AvgIpc) is 2.15. The number of rotatable bonds is 3. The zero-order chi connectivity index (χ0) is 9.68. The van der Waals surface area contributed by atoms with Crippen molar-refractivity contribution in [3.8, 4) is 0 Å². The molecule has 2 amide bonds. The second-order valence-corrected chi connectivity index (χ2v) is 3.90. The van der Waals surface area contributed by atoms with Crippen molar-refractivity contribution in [1.82, 2.24) is 4.90 Å². The fourth-order valence-electron chi connectivity index (χ4n) is 1.14. The predicted molar refractivity (Wildman–Crippen MR) is 48.8 cm³/mol. The Labute approximate surface area is 81.3 Å². The van der Waals surface area contributed by atoms with Crippen molar-refractivity contribution in [1.29, 1.82) is 0 Å². The first-order valence-electron chi connectivity index (χ1n) is 4.24. The molecule has 1 saturated heterocycles. The first-order chi connectivity index (χ1) is 6.25. The van der Waals surface area contributed by atoms with Crippen LogP contribution in [0.15, 0.2) is 0 Å². The standard InChI is InChI=1S/C8H12NO3S/c10-4-1-2-7(11)9-3-5-13-6-8(9)12/h1-6H2. The molecule has 0 N–H and O–H groups in total. The van der Waals surface area contributed by atoms with Gasteiger partial charge in [0.25, 0.3) is 0 Å². The zero-order valence-electron chi connectivity index (χ0n) is 7.32. The van der Waals surface area contributed by atoms with Crippen LogP contribution in [0.25, 0.3) is 0 Å². The number of hydrogen-bond donors (Lipinski definition) is 0. The van der Waals surface area contributed by atoms with Crippen LogP contribution >= 0.6 is 11.8 Å². The number of hydrogen-bond acceptors (Lipinski definition) is 3. The van der Waals surface area contributed by atoms with Crippen LogP contribution in [0.3, 0.4) is 0 Å². The third-order valence-corrected chi connectivity index (χ3v) is 2.74. The van der Waals surface area contributed by atoms with Gasteiger partial charge in [-0.05, 0) is 6.42 Å². The summed E-state index contributed by atoms with van der Waals surface area (Å²) in [7, 11) is 0. The molecular weight excluding hydrogens is 190 g/mol. The Bertz CT molecular complexity index is 208. The van der Waals surface area contributed by atoms with Crippen LogP contribution in [0.4, 0.5) is 0 Å². The minimum absolute atomic E-state index is 0.118. The van der Waals surface area contributed by atoms with E-state index in [1.807, 2.05) is 0 Å². The molecule has 0 spiro atoms. The van der Waals surface area contributed by atoms with Crippen LogP contribution in [0, 0.1) is 0 Å². The summed E-state index contributed by atoms with van der Waals surface area (Å²) in [5.74, 6) is 0.895. The molecule has 1 rings (SSSR count). The molecule has 1 fully saturated rings. The second kappa shape index (κ2) is 5.24. The van der Waals surface area contributed by atoms with Gasteiger partial charge in [0.15, 0.2) is 0 Å². The predicted octanol–water partition coefficient (Wildman–Crippen LogP) is 0.299. The largest absolute Gasteiger partial charge is 0.281 e. The maximum absolute atomic E-state index is 11.3. The summed E-state index contributed by atoms with van der Waals surface area (Å²) in [5, 5.41) is 10.1. The fraction of sp³-hybridized carbons (Fsp3) is 0.750. The average molecular weight is 202 g/mol. The first kappa shape index (κ1) is 10.5. The lowest BCUT2D eigenvalue weighted by atomic mass is 10.3.